The first-order valence-electron chi connectivity index (χ1n) is 7.15. The lowest BCUT2D eigenvalue weighted by Crippen LogP contribution is -2.28. The van der Waals surface area contributed by atoms with Crippen molar-refractivity contribution in [3.63, 3.8) is 0 Å². The normalized spacial score (nSPS) is 19.0. The van der Waals surface area contributed by atoms with E-state index in [9.17, 15) is 0 Å². The maximum absolute atomic E-state index is 5.42. The molecule has 106 valence electrons. The monoisotopic (exact) mass is 281 g/mol. The van der Waals surface area contributed by atoms with E-state index >= 15 is 0 Å². The minimum Gasteiger partial charge on any atom is -0.334 e. The van der Waals surface area contributed by atoms with Gasteiger partial charge in [0.1, 0.15) is 0 Å². The first-order valence-corrected chi connectivity index (χ1v) is 7.15. The minimum atomic E-state index is 0.344. The number of aromatic nitrogens is 4. The Morgan fingerprint density at radius 1 is 1.14 bits per heavy atom. The molecule has 4 rings (SSSR count). The second-order valence-corrected chi connectivity index (χ2v) is 5.26. The standard InChI is InChI=1S/C15H15N5O/c1-2-11(9-16-5-1)14-19-15(21-20-14)10-3-4-12-13(8-10)18-7-6-17-12/h3-4,6-8,11,16H,1-2,5,9H2. The van der Waals surface area contributed by atoms with Crippen LogP contribution in [-0.4, -0.2) is 33.2 Å². The summed E-state index contributed by atoms with van der Waals surface area (Å²) in [7, 11) is 0. The predicted octanol–water partition coefficient (Wildman–Crippen LogP) is 2.15. The first-order chi connectivity index (χ1) is 10.4. The molecule has 21 heavy (non-hydrogen) atoms. The van der Waals surface area contributed by atoms with E-state index in [1.165, 1.54) is 0 Å². The molecule has 6 heteroatoms. The van der Waals surface area contributed by atoms with Crippen molar-refractivity contribution < 1.29 is 4.52 Å². The van der Waals surface area contributed by atoms with E-state index in [1.54, 1.807) is 12.4 Å². The van der Waals surface area contributed by atoms with Gasteiger partial charge in [-0.05, 0) is 37.6 Å². The van der Waals surface area contributed by atoms with Gasteiger partial charge in [-0.15, -0.1) is 0 Å². The Bertz CT molecular complexity index is 763. The molecule has 0 spiro atoms. The van der Waals surface area contributed by atoms with Gasteiger partial charge in [0.05, 0.1) is 11.0 Å². The van der Waals surface area contributed by atoms with Crippen molar-refractivity contribution in [2.75, 3.05) is 13.1 Å². The number of hydrogen-bond acceptors (Lipinski definition) is 6. The molecule has 0 saturated carbocycles. The average Bonchev–Trinajstić information content (AvgIpc) is 3.05. The number of fused-ring (bicyclic) bond motifs is 1. The Hall–Kier alpha value is -2.34. The average molecular weight is 281 g/mol. The van der Waals surface area contributed by atoms with Gasteiger partial charge in [-0.3, -0.25) is 9.97 Å². The van der Waals surface area contributed by atoms with Crippen LogP contribution >= 0.6 is 0 Å². The minimum absolute atomic E-state index is 0.344. The third kappa shape index (κ3) is 2.38. The molecule has 0 aliphatic carbocycles. The summed E-state index contributed by atoms with van der Waals surface area (Å²) < 4.78 is 5.42. The fourth-order valence-corrected chi connectivity index (χ4v) is 2.69. The molecule has 1 atom stereocenters. The highest BCUT2D eigenvalue weighted by molar-refractivity contribution is 5.79. The van der Waals surface area contributed by atoms with E-state index < -0.39 is 0 Å². The van der Waals surface area contributed by atoms with Crippen LogP contribution in [0.3, 0.4) is 0 Å². The van der Waals surface area contributed by atoms with Crippen molar-refractivity contribution >= 4 is 11.0 Å². The molecule has 0 amide bonds. The van der Waals surface area contributed by atoms with Gasteiger partial charge >= 0.3 is 0 Å². The molecule has 3 aromatic rings. The first kappa shape index (κ1) is 12.4. The number of benzene rings is 1. The lowest BCUT2D eigenvalue weighted by molar-refractivity contribution is 0.393. The Morgan fingerprint density at radius 2 is 2.05 bits per heavy atom. The van der Waals surface area contributed by atoms with Gasteiger partial charge in [0.2, 0.25) is 0 Å². The fourth-order valence-electron chi connectivity index (χ4n) is 2.69. The molecule has 1 unspecified atom stereocenters. The van der Waals surface area contributed by atoms with Crippen molar-refractivity contribution in [2.24, 2.45) is 0 Å². The molecule has 0 radical (unpaired) electrons. The van der Waals surface area contributed by atoms with Crippen molar-refractivity contribution in [3.8, 4) is 11.5 Å². The Morgan fingerprint density at radius 3 is 2.90 bits per heavy atom. The maximum atomic E-state index is 5.42. The zero-order chi connectivity index (χ0) is 14.1. The smallest absolute Gasteiger partial charge is 0.258 e. The van der Waals surface area contributed by atoms with Crippen LogP contribution in [0, 0.1) is 0 Å². The van der Waals surface area contributed by atoms with Crippen molar-refractivity contribution in [1.29, 1.82) is 0 Å². The van der Waals surface area contributed by atoms with E-state index in [1.807, 2.05) is 18.2 Å². The second kappa shape index (κ2) is 5.21. The summed E-state index contributed by atoms with van der Waals surface area (Å²) in [6.45, 7) is 1.99. The molecule has 1 saturated heterocycles. The highest BCUT2D eigenvalue weighted by atomic mass is 16.5. The topological polar surface area (TPSA) is 76.7 Å². The highest BCUT2D eigenvalue weighted by Gasteiger charge is 2.21. The zero-order valence-electron chi connectivity index (χ0n) is 11.5. The Kier molecular flexibility index (Phi) is 3.08. The Labute approximate surface area is 121 Å². The van der Waals surface area contributed by atoms with Gasteiger partial charge < -0.3 is 9.84 Å². The van der Waals surface area contributed by atoms with Gasteiger partial charge in [-0.2, -0.15) is 4.98 Å². The SMILES string of the molecule is c1cnc2cc(-c3nc(C4CCCNC4)no3)ccc2n1. The molecular weight excluding hydrogens is 266 g/mol. The molecule has 1 N–H and O–H groups in total. The third-order valence-corrected chi connectivity index (χ3v) is 3.82. The van der Waals surface area contributed by atoms with Crippen LogP contribution in [0.25, 0.3) is 22.5 Å². The molecule has 1 fully saturated rings. The van der Waals surface area contributed by atoms with Crippen LogP contribution in [0.2, 0.25) is 0 Å². The number of hydrogen-bond donors (Lipinski definition) is 1. The van der Waals surface area contributed by atoms with Crippen LogP contribution in [0.4, 0.5) is 0 Å². The second-order valence-electron chi connectivity index (χ2n) is 5.26. The summed E-state index contributed by atoms with van der Waals surface area (Å²) in [4.78, 5) is 13.1. The lowest BCUT2D eigenvalue weighted by atomic mass is 9.99. The maximum Gasteiger partial charge on any atom is 0.258 e. The molecule has 3 heterocycles. The van der Waals surface area contributed by atoms with Crippen LogP contribution in [0.5, 0.6) is 0 Å². The summed E-state index contributed by atoms with van der Waals surface area (Å²) in [5, 5.41) is 7.50. The molecule has 1 aliphatic heterocycles. The van der Waals surface area contributed by atoms with E-state index in [-0.39, 0.29) is 0 Å². The summed E-state index contributed by atoms with van der Waals surface area (Å²) >= 11 is 0. The van der Waals surface area contributed by atoms with Crippen molar-refractivity contribution in [3.05, 3.63) is 36.4 Å². The molecule has 6 nitrogen and oxygen atoms in total. The van der Waals surface area contributed by atoms with E-state index in [0.29, 0.717) is 11.8 Å². The van der Waals surface area contributed by atoms with Crippen molar-refractivity contribution in [2.45, 2.75) is 18.8 Å². The number of piperidine rings is 1. The van der Waals surface area contributed by atoms with E-state index in [4.69, 9.17) is 4.52 Å². The largest absolute Gasteiger partial charge is 0.334 e. The van der Waals surface area contributed by atoms with Gasteiger partial charge in [0.25, 0.3) is 5.89 Å². The quantitative estimate of drug-likeness (QED) is 0.775. The van der Waals surface area contributed by atoms with E-state index in [2.05, 4.69) is 25.4 Å². The summed E-state index contributed by atoms with van der Waals surface area (Å²) in [6, 6.07) is 5.79. The van der Waals surface area contributed by atoms with Crippen molar-refractivity contribution in [1.82, 2.24) is 25.4 Å². The van der Waals surface area contributed by atoms with Crippen LogP contribution < -0.4 is 5.32 Å². The Balaban J connectivity index is 1.67. The van der Waals surface area contributed by atoms with Gasteiger partial charge in [0.15, 0.2) is 5.82 Å². The van der Waals surface area contributed by atoms with Gasteiger partial charge in [0, 0.05) is 30.4 Å². The summed E-state index contributed by atoms with van der Waals surface area (Å²) in [6.07, 6.45) is 5.62. The van der Waals surface area contributed by atoms with Gasteiger partial charge in [-0.25, -0.2) is 0 Å². The lowest BCUT2D eigenvalue weighted by Gasteiger charge is -2.19. The molecule has 1 aliphatic rings. The summed E-state index contributed by atoms with van der Waals surface area (Å²) in [5.74, 6) is 1.68. The van der Waals surface area contributed by atoms with Crippen LogP contribution in [-0.2, 0) is 0 Å². The van der Waals surface area contributed by atoms with Gasteiger partial charge in [-0.1, -0.05) is 5.16 Å². The predicted molar refractivity (Wildman–Crippen MR) is 77.7 cm³/mol. The number of nitrogens with zero attached hydrogens (tertiary/aromatic N) is 4. The van der Waals surface area contributed by atoms with E-state index in [0.717, 1.165) is 48.4 Å². The molecule has 1 aromatic carbocycles. The molecular formula is C15H15N5O. The molecule has 0 bridgehead atoms. The number of nitrogens with one attached hydrogen (secondary N) is 1. The third-order valence-electron chi connectivity index (χ3n) is 3.82. The van der Waals surface area contributed by atoms with Crippen LogP contribution in [0.15, 0.2) is 35.1 Å². The highest BCUT2D eigenvalue weighted by Crippen LogP contribution is 2.25. The zero-order valence-corrected chi connectivity index (χ0v) is 11.5. The molecule has 2 aromatic heterocycles. The fraction of sp³-hybridized carbons (Fsp3) is 0.333. The number of rotatable bonds is 2. The van der Waals surface area contributed by atoms with Crippen LogP contribution in [0.1, 0.15) is 24.6 Å². The summed E-state index contributed by atoms with van der Waals surface area (Å²) in [5.41, 5.74) is 2.57.